The molecule has 3 heteroatoms. The van der Waals surface area contributed by atoms with Gasteiger partial charge in [0.05, 0.1) is 12.8 Å². The summed E-state index contributed by atoms with van der Waals surface area (Å²) in [5.41, 5.74) is 8.95. The van der Waals surface area contributed by atoms with E-state index in [1.54, 1.807) is 13.2 Å². The Balaban J connectivity index is 2.01. The maximum atomic E-state index is 5.90. The van der Waals surface area contributed by atoms with Gasteiger partial charge in [-0.15, -0.1) is 0 Å². The molecule has 0 unspecified atom stereocenters. The molecular weight excluding hydrogens is 238 g/mol. The third-order valence-electron chi connectivity index (χ3n) is 3.04. The first-order valence-corrected chi connectivity index (χ1v) is 6.37. The SMILES string of the molecule is CCc1ccc(COc2ccc(OC)cc2N)cc1. The zero-order valence-corrected chi connectivity index (χ0v) is 11.3. The monoisotopic (exact) mass is 257 g/mol. The lowest BCUT2D eigenvalue weighted by atomic mass is 10.1. The third-order valence-corrected chi connectivity index (χ3v) is 3.04. The highest BCUT2D eigenvalue weighted by Gasteiger charge is 2.03. The predicted octanol–water partition coefficient (Wildman–Crippen LogP) is 3.42. The van der Waals surface area contributed by atoms with Gasteiger partial charge < -0.3 is 15.2 Å². The lowest BCUT2D eigenvalue weighted by Gasteiger charge is -2.10. The molecule has 0 radical (unpaired) electrons. The molecule has 0 bridgehead atoms. The van der Waals surface area contributed by atoms with Crippen molar-refractivity contribution in [2.75, 3.05) is 12.8 Å². The molecule has 0 saturated carbocycles. The van der Waals surface area contributed by atoms with Crippen LogP contribution < -0.4 is 15.2 Å². The van der Waals surface area contributed by atoms with Crippen LogP contribution >= 0.6 is 0 Å². The number of anilines is 1. The van der Waals surface area contributed by atoms with Gasteiger partial charge in [0, 0.05) is 6.07 Å². The molecule has 0 atom stereocenters. The van der Waals surface area contributed by atoms with Crippen molar-refractivity contribution in [1.82, 2.24) is 0 Å². The fraction of sp³-hybridized carbons (Fsp3) is 0.250. The summed E-state index contributed by atoms with van der Waals surface area (Å²) in [4.78, 5) is 0. The molecule has 0 aliphatic carbocycles. The molecule has 0 fully saturated rings. The number of nitrogens with two attached hydrogens (primary N) is 1. The topological polar surface area (TPSA) is 44.5 Å². The number of nitrogen functional groups attached to an aromatic ring is 1. The summed E-state index contributed by atoms with van der Waals surface area (Å²) in [6.45, 7) is 2.66. The number of ether oxygens (including phenoxy) is 2. The fourth-order valence-electron chi connectivity index (χ4n) is 1.82. The summed E-state index contributed by atoms with van der Waals surface area (Å²) in [6.07, 6.45) is 1.05. The van der Waals surface area contributed by atoms with E-state index in [0.29, 0.717) is 18.0 Å². The summed E-state index contributed by atoms with van der Waals surface area (Å²) < 4.78 is 10.8. The summed E-state index contributed by atoms with van der Waals surface area (Å²) >= 11 is 0. The first kappa shape index (κ1) is 13.3. The summed E-state index contributed by atoms with van der Waals surface area (Å²) in [7, 11) is 1.62. The molecule has 0 amide bonds. The van der Waals surface area contributed by atoms with Crippen molar-refractivity contribution in [1.29, 1.82) is 0 Å². The Hall–Kier alpha value is -2.16. The molecule has 19 heavy (non-hydrogen) atoms. The molecule has 0 aliphatic rings. The van der Waals surface area contributed by atoms with Crippen molar-refractivity contribution < 1.29 is 9.47 Å². The maximum Gasteiger partial charge on any atom is 0.142 e. The highest BCUT2D eigenvalue weighted by Crippen LogP contribution is 2.26. The van der Waals surface area contributed by atoms with Crippen molar-refractivity contribution in [2.24, 2.45) is 0 Å². The maximum absolute atomic E-state index is 5.90. The summed E-state index contributed by atoms with van der Waals surface area (Å²) in [6, 6.07) is 13.8. The van der Waals surface area contributed by atoms with Gasteiger partial charge >= 0.3 is 0 Å². The quantitative estimate of drug-likeness (QED) is 0.835. The number of methoxy groups -OCH3 is 1. The van der Waals surface area contributed by atoms with Gasteiger partial charge in [-0.3, -0.25) is 0 Å². The minimum Gasteiger partial charge on any atom is -0.497 e. The Morgan fingerprint density at radius 3 is 2.26 bits per heavy atom. The van der Waals surface area contributed by atoms with E-state index in [4.69, 9.17) is 15.2 Å². The number of benzene rings is 2. The smallest absolute Gasteiger partial charge is 0.142 e. The Labute approximate surface area is 114 Å². The van der Waals surface area contributed by atoms with Gasteiger partial charge in [-0.2, -0.15) is 0 Å². The van der Waals surface area contributed by atoms with Crippen molar-refractivity contribution in [3.63, 3.8) is 0 Å². The average molecular weight is 257 g/mol. The van der Waals surface area contributed by atoms with Crippen LogP contribution in [0.5, 0.6) is 11.5 Å². The lowest BCUT2D eigenvalue weighted by Crippen LogP contribution is -1.99. The number of hydrogen-bond acceptors (Lipinski definition) is 3. The Bertz CT molecular complexity index is 535. The van der Waals surface area contributed by atoms with Gasteiger partial charge in [-0.05, 0) is 29.7 Å². The fourth-order valence-corrected chi connectivity index (χ4v) is 1.82. The Morgan fingerprint density at radius 2 is 1.68 bits per heavy atom. The molecule has 0 heterocycles. The van der Waals surface area contributed by atoms with Crippen LogP contribution in [0.2, 0.25) is 0 Å². The Morgan fingerprint density at radius 1 is 1.00 bits per heavy atom. The van der Waals surface area contributed by atoms with Crippen LogP contribution in [-0.4, -0.2) is 7.11 Å². The van der Waals surface area contributed by atoms with E-state index in [1.807, 2.05) is 12.1 Å². The molecule has 2 N–H and O–H groups in total. The zero-order valence-electron chi connectivity index (χ0n) is 11.3. The first-order chi connectivity index (χ1) is 9.22. The molecule has 0 aromatic heterocycles. The van der Waals surface area contributed by atoms with Gasteiger partial charge in [0.25, 0.3) is 0 Å². The molecule has 100 valence electrons. The third kappa shape index (κ3) is 3.41. The van der Waals surface area contributed by atoms with Crippen LogP contribution in [0.25, 0.3) is 0 Å². The molecular formula is C16H19NO2. The largest absolute Gasteiger partial charge is 0.497 e. The number of hydrogen-bond donors (Lipinski definition) is 1. The van der Waals surface area contributed by atoms with E-state index in [9.17, 15) is 0 Å². The van der Waals surface area contributed by atoms with Crippen molar-refractivity contribution in [3.8, 4) is 11.5 Å². The Kier molecular flexibility index (Phi) is 4.29. The first-order valence-electron chi connectivity index (χ1n) is 6.37. The minimum absolute atomic E-state index is 0.514. The van der Waals surface area contributed by atoms with Crippen LogP contribution in [0.15, 0.2) is 42.5 Å². The van der Waals surface area contributed by atoms with E-state index >= 15 is 0 Å². The molecule has 0 spiro atoms. The number of aryl methyl sites for hydroxylation is 1. The van der Waals surface area contributed by atoms with E-state index in [2.05, 4.69) is 31.2 Å². The minimum atomic E-state index is 0.514. The van der Waals surface area contributed by atoms with E-state index < -0.39 is 0 Å². The van der Waals surface area contributed by atoms with Crippen molar-refractivity contribution in [2.45, 2.75) is 20.0 Å². The second-order valence-electron chi connectivity index (χ2n) is 4.36. The summed E-state index contributed by atoms with van der Waals surface area (Å²) in [5.74, 6) is 1.41. The summed E-state index contributed by atoms with van der Waals surface area (Å²) in [5, 5.41) is 0. The van der Waals surface area contributed by atoms with Gasteiger partial charge in [-0.25, -0.2) is 0 Å². The van der Waals surface area contributed by atoms with Crippen LogP contribution in [0, 0.1) is 0 Å². The molecule has 3 nitrogen and oxygen atoms in total. The van der Waals surface area contributed by atoms with Crippen LogP contribution in [0.4, 0.5) is 5.69 Å². The van der Waals surface area contributed by atoms with Gasteiger partial charge in [0.15, 0.2) is 0 Å². The van der Waals surface area contributed by atoms with Crippen LogP contribution in [0.3, 0.4) is 0 Å². The molecule has 0 saturated heterocycles. The van der Waals surface area contributed by atoms with E-state index in [1.165, 1.54) is 5.56 Å². The standard InChI is InChI=1S/C16H19NO2/c1-3-12-4-6-13(7-5-12)11-19-16-9-8-14(18-2)10-15(16)17/h4-10H,3,11,17H2,1-2H3. The van der Waals surface area contributed by atoms with Gasteiger partial charge in [-0.1, -0.05) is 31.2 Å². The van der Waals surface area contributed by atoms with Crippen LogP contribution in [-0.2, 0) is 13.0 Å². The van der Waals surface area contributed by atoms with E-state index in [-0.39, 0.29) is 0 Å². The molecule has 0 aliphatic heterocycles. The zero-order chi connectivity index (χ0) is 13.7. The lowest BCUT2D eigenvalue weighted by molar-refractivity contribution is 0.307. The highest BCUT2D eigenvalue weighted by atomic mass is 16.5. The van der Waals surface area contributed by atoms with E-state index in [0.717, 1.165) is 17.7 Å². The molecule has 2 aromatic carbocycles. The van der Waals surface area contributed by atoms with Gasteiger partial charge in [0.2, 0.25) is 0 Å². The molecule has 2 aromatic rings. The second-order valence-corrected chi connectivity index (χ2v) is 4.36. The normalized spacial score (nSPS) is 10.2. The van der Waals surface area contributed by atoms with Crippen molar-refractivity contribution in [3.05, 3.63) is 53.6 Å². The molecule has 2 rings (SSSR count). The second kappa shape index (κ2) is 6.14. The average Bonchev–Trinajstić information content (AvgIpc) is 2.46. The van der Waals surface area contributed by atoms with Crippen molar-refractivity contribution >= 4 is 5.69 Å². The number of rotatable bonds is 5. The predicted molar refractivity (Wildman–Crippen MR) is 77.6 cm³/mol. The van der Waals surface area contributed by atoms with Gasteiger partial charge in [0.1, 0.15) is 18.1 Å². The highest BCUT2D eigenvalue weighted by molar-refractivity contribution is 5.56. The van der Waals surface area contributed by atoms with Crippen LogP contribution in [0.1, 0.15) is 18.1 Å².